The smallest absolute Gasteiger partial charge is 0.242 e. The lowest BCUT2D eigenvalue weighted by Crippen LogP contribution is -2.25. The molecule has 1 heterocycles. The molecule has 7 heteroatoms. The van der Waals surface area contributed by atoms with Crippen LogP contribution in [0.1, 0.15) is 39.0 Å². The first-order valence-electron chi connectivity index (χ1n) is 7.42. The van der Waals surface area contributed by atoms with Crippen molar-refractivity contribution in [3.05, 3.63) is 17.3 Å². The van der Waals surface area contributed by atoms with Gasteiger partial charge in [0.2, 0.25) is 10.0 Å². The molecule has 0 bridgehead atoms. The van der Waals surface area contributed by atoms with Crippen LogP contribution in [0.25, 0.3) is 0 Å². The van der Waals surface area contributed by atoms with Gasteiger partial charge in [-0.2, -0.15) is 0 Å². The zero-order valence-electron chi connectivity index (χ0n) is 12.2. The lowest BCUT2D eigenvalue weighted by Gasteiger charge is -2.09. The molecule has 5 nitrogen and oxygen atoms in total. The van der Waals surface area contributed by atoms with Crippen LogP contribution in [0.3, 0.4) is 0 Å². The molecule has 1 saturated carbocycles. The molecule has 1 aliphatic carbocycles. The minimum Gasteiger partial charge on any atom is -0.369 e. The molecule has 0 aromatic carbocycles. The number of hydrogen-bond donors (Lipinski definition) is 2. The number of nitrogens with one attached hydrogen (secondary N) is 2. The minimum atomic E-state index is -3.52. The largest absolute Gasteiger partial charge is 0.369 e. The van der Waals surface area contributed by atoms with Crippen LogP contribution in [0.2, 0.25) is 5.02 Å². The molecule has 0 saturated heterocycles. The van der Waals surface area contributed by atoms with E-state index in [1.54, 1.807) is 0 Å². The maximum Gasteiger partial charge on any atom is 0.242 e. The molecule has 1 aromatic rings. The van der Waals surface area contributed by atoms with Gasteiger partial charge in [0, 0.05) is 19.3 Å². The zero-order valence-corrected chi connectivity index (χ0v) is 13.8. The van der Waals surface area contributed by atoms with E-state index in [9.17, 15) is 8.42 Å². The fourth-order valence-electron chi connectivity index (χ4n) is 2.03. The number of rotatable bonds is 9. The average Bonchev–Trinajstić information content (AvgIpc) is 3.26. The molecule has 0 aliphatic heterocycles. The number of anilines is 1. The highest BCUT2D eigenvalue weighted by Gasteiger charge is 2.21. The Bertz CT molecular complexity index is 574. The van der Waals surface area contributed by atoms with Crippen LogP contribution in [0, 0.1) is 5.92 Å². The van der Waals surface area contributed by atoms with E-state index in [-0.39, 0.29) is 4.90 Å². The van der Waals surface area contributed by atoms with E-state index < -0.39 is 10.0 Å². The van der Waals surface area contributed by atoms with Gasteiger partial charge < -0.3 is 5.32 Å². The molecular weight excluding hydrogens is 310 g/mol. The molecule has 0 atom stereocenters. The second-order valence-corrected chi connectivity index (χ2v) is 7.59. The second kappa shape index (κ2) is 7.42. The molecule has 1 aromatic heterocycles. The predicted octanol–water partition coefficient (Wildman–Crippen LogP) is 3.03. The summed E-state index contributed by atoms with van der Waals surface area (Å²) in [5.74, 6) is 1.33. The van der Waals surface area contributed by atoms with E-state index in [4.69, 9.17) is 11.6 Å². The summed E-state index contributed by atoms with van der Waals surface area (Å²) in [6.45, 7) is 3.25. The Hall–Kier alpha value is -0.850. The Morgan fingerprint density at radius 2 is 2.14 bits per heavy atom. The van der Waals surface area contributed by atoms with E-state index >= 15 is 0 Å². The summed E-state index contributed by atoms with van der Waals surface area (Å²) in [6.07, 6.45) is 6.84. The lowest BCUT2D eigenvalue weighted by molar-refractivity contribution is 0.572. The number of aromatic nitrogens is 1. The molecule has 0 amide bonds. The van der Waals surface area contributed by atoms with Crippen molar-refractivity contribution in [2.75, 3.05) is 18.4 Å². The third-order valence-electron chi connectivity index (χ3n) is 3.45. The van der Waals surface area contributed by atoms with Gasteiger partial charge in [0.1, 0.15) is 10.7 Å². The molecule has 118 valence electrons. The first-order chi connectivity index (χ1) is 10.0. The fraction of sp³-hybridized carbons (Fsp3) is 0.643. The number of nitrogens with zero attached hydrogens (tertiary/aromatic N) is 1. The number of pyridine rings is 1. The Labute approximate surface area is 131 Å². The maximum atomic E-state index is 12.1. The summed E-state index contributed by atoms with van der Waals surface area (Å²) in [6, 6.07) is 1.44. The summed E-state index contributed by atoms with van der Waals surface area (Å²) in [5, 5.41) is 3.38. The number of halogens is 1. The molecule has 0 spiro atoms. The van der Waals surface area contributed by atoms with Crippen molar-refractivity contribution in [2.24, 2.45) is 5.92 Å². The summed E-state index contributed by atoms with van der Waals surface area (Å²) >= 11 is 6.07. The van der Waals surface area contributed by atoms with E-state index in [1.807, 2.05) is 6.92 Å². The monoisotopic (exact) mass is 331 g/mol. The first kappa shape index (κ1) is 16.5. The molecule has 0 radical (unpaired) electrons. The quantitative estimate of drug-likeness (QED) is 0.682. The maximum absolute atomic E-state index is 12.1. The van der Waals surface area contributed by atoms with Crippen molar-refractivity contribution in [3.8, 4) is 0 Å². The fourth-order valence-corrected chi connectivity index (χ4v) is 3.37. The van der Waals surface area contributed by atoms with E-state index in [2.05, 4.69) is 15.0 Å². The molecule has 0 unspecified atom stereocenters. The second-order valence-electron chi connectivity index (χ2n) is 5.41. The standard InChI is InChI=1S/C14H22ClN3O2S/c1-2-7-16-14-13(15)9-12(10-17-14)21(19,20)18-8-3-4-11-5-6-11/h9-11,18H,2-8H2,1H3,(H,16,17). The van der Waals surface area contributed by atoms with Crippen molar-refractivity contribution < 1.29 is 8.42 Å². The van der Waals surface area contributed by atoms with Crippen molar-refractivity contribution in [1.82, 2.24) is 9.71 Å². The number of hydrogen-bond acceptors (Lipinski definition) is 4. The summed E-state index contributed by atoms with van der Waals surface area (Å²) in [7, 11) is -3.52. The van der Waals surface area contributed by atoms with Crippen LogP contribution in [0.15, 0.2) is 17.2 Å². The van der Waals surface area contributed by atoms with Gasteiger partial charge in [0.15, 0.2) is 0 Å². The van der Waals surface area contributed by atoms with E-state index in [0.717, 1.165) is 31.7 Å². The number of sulfonamides is 1. The van der Waals surface area contributed by atoms with Crippen LogP contribution in [0.5, 0.6) is 0 Å². The topological polar surface area (TPSA) is 71.1 Å². The highest BCUT2D eigenvalue weighted by Crippen LogP contribution is 2.33. The van der Waals surface area contributed by atoms with Crippen molar-refractivity contribution in [3.63, 3.8) is 0 Å². The Morgan fingerprint density at radius 3 is 2.76 bits per heavy atom. The Kier molecular flexibility index (Phi) is 5.84. The van der Waals surface area contributed by atoms with Gasteiger partial charge >= 0.3 is 0 Å². The van der Waals surface area contributed by atoms with E-state index in [0.29, 0.717) is 17.4 Å². The lowest BCUT2D eigenvalue weighted by atomic mass is 10.2. The van der Waals surface area contributed by atoms with Crippen molar-refractivity contribution in [2.45, 2.75) is 43.9 Å². The van der Waals surface area contributed by atoms with Crippen LogP contribution >= 0.6 is 11.6 Å². The molecule has 1 fully saturated rings. The molecular formula is C14H22ClN3O2S. The van der Waals surface area contributed by atoms with Gasteiger partial charge in [-0.1, -0.05) is 31.4 Å². The highest BCUT2D eigenvalue weighted by molar-refractivity contribution is 7.89. The van der Waals surface area contributed by atoms with Crippen LogP contribution < -0.4 is 10.0 Å². The predicted molar refractivity (Wildman–Crippen MR) is 85.2 cm³/mol. The van der Waals surface area contributed by atoms with Gasteiger partial charge in [-0.15, -0.1) is 0 Å². The van der Waals surface area contributed by atoms with Gasteiger partial charge in [0.05, 0.1) is 5.02 Å². The normalized spacial score (nSPS) is 15.1. The molecule has 2 N–H and O–H groups in total. The van der Waals surface area contributed by atoms with Gasteiger partial charge in [0.25, 0.3) is 0 Å². The van der Waals surface area contributed by atoms with Gasteiger partial charge in [-0.3, -0.25) is 0 Å². The van der Waals surface area contributed by atoms with E-state index in [1.165, 1.54) is 25.1 Å². The summed E-state index contributed by atoms with van der Waals surface area (Å²) in [4.78, 5) is 4.20. The van der Waals surface area contributed by atoms with Gasteiger partial charge in [-0.05, 0) is 31.2 Å². The molecule has 21 heavy (non-hydrogen) atoms. The Morgan fingerprint density at radius 1 is 1.38 bits per heavy atom. The minimum absolute atomic E-state index is 0.112. The average molecular weight is 332 g/mol. The highest BCUT2D eigenvalue weighted by atomic mass is 35.5. The third kappa shape index (κ3) is 5.13. The summed E-state index contributed by atoms with van der Waals surface area (Å²) < 4.78 is 26.9. The molecule has 2 rings (SSSR count). The van der Waals surface area contributed by atoms with Crippen LogP contribution in [0.4, 0.5) is 5.82 Å². The third-order valence-corrected chi connectivity index (χ3v) is 5.16. The summed E-state index contributed by atoms with van der Waals surface area (Å²) in [5.41, 5.74) is 0. The Balaban J connectivity index is 1.93. The first-order valence-corrected chi connectivity index (χ1v) is 9.28. The van der Waals surface area contributed by atoms with Crippen molar-refractivity contribution in [1.29, 1.82) is 0 Å². The zero-order chi connectivity index (χ0) is 15.3. The van der Waals surface area contributed by atoms with Crippen LogP contribution in [-0.4, -0.2) is 26.5 Å². The van der Waals surface area contributed by atoms with Crippen molar-refractivity contribution >= 4 is 27.4 Å². The van der Waals surface area contributed by atoms with Crippen LogP contribution in [-0.2, 0) is 10.0 Å². The molecule has 1 aliphatic rings. The van der Waals surface area contributed by atoms with Gasteiger partial charge in [-0.25, -0.2) is 18.1 Å². The SMILES string of the molecule is CCCNc1ncc(S(=O)(=O)NCCCC2CC2)cc1Cl.